The molecule has 0 spiro atoms. The maximum absolute atomic E-state index is 14.0. The van der Waals surface area contributed by atoms with Crippen molar-refractivity contribution >= 4 is 32.5 Å². The van der Waals surface area contributed by atoms with Gasteiger partial charge in [0.15, 0.2) is 38.8 Å². The summed E-state index contributed by atoms with van der Waals surface area (Å²) in [5, 5.41) is 12.8. The number of halogens is 2. The van der Waals surface area contributed by atoms with Gasteiger partial charge in [0.25, 0.3) is 5.91 Å². The number of hydrogen-bond acceptors (Lipinski definition) is 8. The summed E-state index contributed by atoms with van der Waals surface area (Å²) >= 11 is 0. The third kappa shape index (κ3) is 6.26. The van der Waals surface area contributed by atoms with Gasteiger partial charge >= 0.3 is 0 Å². The summed E-state index contributed by atoms with van der Waals surface area (Å²) in [5.74, 6) is -4.00. The molecule has 0 atom stereocenters. The third-order valence-electron chi connectivity index (χ3n) is 7.98. The van der Waals surface area contributed by atoms with Crippen LogP contribution in [0.15, 0.2) is 46.9 Å². The number of carbonyl (C=O) groups is 2. The number of sulfone groups is 1. The molecule has 2 saturated carbocycles. The molecule has 0 saturated heterocycles. The molecule has 3 aromatic rings. The monoisotopic (exact) mass is 600 g/mol. The molecule has 0 radical (unpaired) electrons. The lowest BCUT2D eigenvalue weighted by Crippen LogP contribution is -2.58. The maximum atomic E-state index is 14.0. The molecule has 1 heterocycles. The number of methoxy groups -OCH3 is 1. The van der Waals surface area contributed by atoms with Crippen LogP contribution in [0, 0.1) is 16.7 Å². The van der Waals surface area contributed by atoms with Gasteiger partial charge in [0.05, 0.1) is 24.1 Å². The van der Waals surface area contributed by atoms with E-state index in [0.717, 1.165) is 6.26 Å². The SMILES string of the molecule is COc1cc(-c2ccc3cc(C(=O)NC4(C(=O)CC5(C#N)CC5)CCC(F)(F)CC4)oc3c2)ccc1OCS(C)(=O)=O. The van der Waals surface area contributed by atoms with Crippen LogP contribution >= 0.6 is 0 Å². The number of Topliss-reactive ketones (excluding diaryl/α,β-unsaturated/α-hetero) is 1. The zero-order valence-electron chi connectivity index (χ0n) is 23.2. The Morgan fingerprint density at radius 1 is 1.00 bits per heavy atom. The van der Waals surface area contributed by atoms with E-state index in [9.17, 15) is 32.0 Å². The van der Waals surface area contributed by atoms with E-state index in [4.69, 9.17) is 13.9 Å². The van der Waals surface area contributed by atoms with E-state index in [1.807, 2.05) is 0 Å². The summed E-state index contributed by atoms with van der Waals surface area (Å²) in [7, 11) is -1.92. The van der Waals surface area contributed by atoms with Gasteiger partial charge in [0, 0.05) is 30.9 Å². The number of alkyl halides is 2. The van der Waals surface area contributed by atoms with Crippen LogP contribution in [0.4, 0.5) is 8.78 Å². The van der Waals surface area contributed by atoms with E-state index in [1.165, 1.54) is 13.2 Å². The maximum Gasteiger partial charge on any atom is 0.287 e. The minimum absolute atomic E-state index is 0.0739. The quantitative estimate of drug-likeness (QED) is 0.325. The number of hydrogen-bond donors (Lipinski definition) is 1. The van der Waals surface area contributed by atoms with Crippen LogP contribution in [-0.2, 0) is 14.6 Å². The van der Waals surface area contributed by atoms with Crippen LogP contribution in [0.2, 0.25) is 0 Å². The fraction of sp³-hybridized carbons (Fsp3) is 0.433. The Morgan fingerprint density at radius 3 is 2.29 bits per heavy atom. The highest BCUT2D eigenvalue weighted by Crippen LogP contribution is 2.50. The molecule has 5 rings (SSSR count). The van der Waals surface area contributed by atoms with Crippen LogP contribution in [0.3, 0.4) is 0 Å². The van der Waals surface area contributed by atoms with E-state index < -0.39 is 57.2 Å². The molecular formula is C30H30F2N2O7S. The topological polar surface area (TPSA) is 136 Å². The van der Waals surface area contributed by atoms with Crippen LogP contribution in [0.5, 0.6) is 11.5 Å². The van der Waals surface area contributed by atoms with Gasteiger partial charge in [0.1, 0.15) is 5.58 Å². The second-order valence-electron chi connectivity index (χ2n) is 11.3. The predicted octanol–water partition coefficient (Wildman–Crippen LogP) is 5.43. The molecular weight excluding hydrogens is 570 g/mol. The lowest BCUT2D eigenvalue weighted by molar-refractivity contribution is -0.131. The highest BCUT2D eigenvalue weighted by atomic mass is 32.2. The summed E-state index contributed by atoms with van der Waals surface area (Å²) in [5.41, 5.74) is -0.463. The molecule has 9 nitrogen and oxygen atoms in total. The van der Waals surface area contributed by atoms with Crippen molar-refractivity contribution in [3.8, 4) is 28.7 Å². The molecule has 2 aliphatic carbocycles. The molecule has 0 unspecified atom stereocenters. The highest BCUT2D eigenvalue weighted by molar-refractivity contribution is 7.90. The van der Waals surface area contributed by atoms with Crippen molar-refractivity contribution in [1.29, 1.82) is 5.26 Å². The lowest BCUT2D eigenvalue weighted by atomic mass is 9.74. The number of ketones is 1. The number of fused-ring (bicyclic) bond motifs is 1. The molecule has 222 valence electrons. The Kier molecular flexibility index (Phi) is 7.51. The van der Waals surface area contributed by atoms with Crippen molar-refractivity contribution in [2.24, 2.45) is 5.41 Å². The molecule has 1 aromatic heterocycles. The molecule has 1 amide bonds. The van der Waals surface area contributed by atoms with Crippen molar-refractivity contribution in [3.05, 3.63) is 48.2 Å². The zero-order chi connectivity index (χ0) is 30.3. The normalized spacial score (nSPS) is 18.5. The van der Waals surface area contributed by atoms with Gasteiger partial charge in [-0.15, -0.1) is 0 Å². The number of carbonyl (C=O) groups excluding carboxylic acids is 2. The van der Waals surface area contributed by atoms with Crippen molar-refractivity contribution in [3.63, 3.8) is 0 Å². The van der Waals surface area contributed by atoms with Gasteiger partial charge in [-0.1, -0.05) is 18.2 Å². The predicted molar refractivity (Wildman–Crippen MR) is 149 cm³/mol. The van der Waals surface area contributed by atoms with E-state index in [-0.39, 0.29) is 30.8 Å². The summed E-state index contributed by atoms with van der Waals surface area (Å²) in [6, 6.07) is 13.9. The van der Waals surface area contributed by atoms with Crippen LogP contribution < -0.4 is 14.8 Å². The van der Waals surface area contributed by atoms with Crippen LogP contribution in [0.25, 0.3) is 22.1 Å². The number of benzene rings is 2. The Labute approximate surface area is 241 Å². The van der Waals surface area contributed by atoms with Gasteiger partial charge < -0.3 is 19.2 Å². The first kappa shape index (κ1) is 29.5. The fourth-order valence-corrected chi connectivity index (χ4v) is 5.55. The summed E-state index contributed by atoms with van der Waals surface area (Å²) < 4.78 is 67.5. The average molecular weight is 601 g/mol. The molecule has 12 heteroatoms. The molecule has 2 fully saturated rings. The second kappa shape index (κ2) is 10.7. The number of nitriles is 1. The van der Waals surface area contributed by atoms with Gasteiger partial charge in [-0.25, -0.2) is 17.2 Å². The summed E-state index contributed by atoms with van der Waals surface area (Å²) in [6.07, 6.45) is 0.607. The largest absolute Gasteiger partial charge is 0.493 e. The number of rotatable bonds is 10. The summed E-state index contributed by atoms with van der Waals surface area (Å²) in [4.78, 5) is 26.7. The summed E-state index contributed by atoms with van der Waals surface area (Å²) in [6.45, 7) is 0. The molecule has 2 aliphatic rings. The van der Waals surface area contributed by atoms with Gasteiger partial charge in [-0.05, 0) is 61.1 Å². The minimum Gasteiger partial charge on any atom is -0.493 e. The highest BCUT2D eigenvalue weighted by Gasteiger charge is 2.53. The number of nitrogens with zero attached hydrogens (tertiary/aromatic N) is 1. The second-order valence-corrected chi connectivity index (χ2v) is 13.4. The van der Waals surface area contributed by atoms with Crippen LogP contribution in [0.1, 0.15) is 55.5 Å². The first-order chi connectivity index (χ1) is 19.8. The van der Waals surface area contributed by atoms with E-state index in [0.29, 0.717) is 40.7 Å². The molecule has 1 N–H and O–H groups in total. The van der Waals surface area contributed by atoms with Crippen molar-refractivity contribution in [2.75, 3.05) is 19.3 Å². The van der Waals surface area contributed by atoms with Crippen LogP contribution in [-0.4, -0.2) is 50.9 Å². The van der Waals surface area contributed by atoms with E-state index in [2.05, 4.69) is 11.4 Å². The Morgan fingerprint density at radius 2 is 1.67 bits per heavy atom. The van der Waals surface area contributed by atoms with Gasteiger partial charge in [-0.3, -0.25) is 9.59 Å². The number of furan rings is 1. The van der Waals surface area contributed by atoms with Crippen molar-refractivity contribution < 1.29 is 40.7 Å². The van der Waals surface area contributed by atoms with Gasteiger partial charge in [0.2, 0.25) is 5.92 Å². The third-order valence-corrected chi connectivity index (χ3v) is 8.53. The smallest absolute Gasteiger partial charge is 0.287 e. The molecule has 0 aliphatic heterocycles. The molecule has 2 aromatic carbocycles. The standard InChI is InChI=1S/C30H30F2N2O7S/c1-39-24-14-20(5-6-22(24)40-18-42(2,37)38)19-3-4-21-15-25(41-23(21)13-19)27(36)34-29(9-11-30(31,32)12-10-29)26(35)16-28(17-33)7-8-28/h3-6,13-15H,7-12,16,18H2,1-2H3,(H,34,36). The Bertz CT molecular complexity index is 1690. The van der Waals surface area contributed by atoms with Crippen molar-refractivity contribution in [2.45, 2.75) is 56.4 Å². The number of amides is 1. The number of nitrogens with one attached hydrogen (secondary N) is 1. The first-order valence-corrected chi connectivity index (χ1v) is 15.5. The number of ether oxygens (including phenoxy) is 2. The molecule has 42 heavy (non-hydrogen) atoms. The minimum atomic E-state index is -3.36. The Balaban J connectivity index is 1.38. The average Bonchev–Trinajstić information content (AvgIpc) is 3.59. The Hall–Kier alpha value is -3.98. The van der Waals surface area contributed by atoms with E-state index >= 15 is 0 Å². The molecule has 0 bridgehead atoms. The first-order valence-electron chi connectivity index (χ1n) is 13.4. The van der Waals surface area contributed by atoms with Crippen molar-refractivity contribution in [1.82, 2.24) is 5.32 Å². The zero-order valence-corrected chi connectivity index (χ0v) is 24.0. The van der Waals surface area contributed by atoms with Gasteiger partial charge in [-0.2, -0.15) is 5.26 Å². The lowest BCUT2D eigenvalue weighted by Gasteiger charge is -2.39. The van der Waals surface area contributed by atoms with E-state index in [1.54, 1.807) is 36.4 Å². The fourth-order valence-electron chi connectivity index (χ4n) is 5.21.